The van der Waals surface area contributed by atoms with E-state index in [4.69, 9.17) is 9.47 Å². The van der Waals surface area contributed by atoms with Gasteiger partial charge in [0, 0.05) is 0 Å². The second kappa shape index (κ2) is 7.25. The third kappa shape index (κ3) is 4.18. The number of amides is 1. The van der Waals surface area contributed by atoms with Crippen molar-refractivity contribution in [1.82, 2.24) is 0 Å². The third-order valence-electron chi connectivity index (χ3n) is 3.23. The first-order valence-corrected chi connectivity index (χ1v) is 7.09. The van der Waals surface area contributed by atoms with Crippen LogP contribution in [0.4, 0.5) is 18.9 Å². The minimum absolute atomic E-state index is 0.314. The molecule has 2 aromatic carbocycles. The van der Waals surface area contributed by atoms with Crippen LogP contribution in [0, 0.1) is 0 Å². The molecule has 0 aliphatic rings. The van der Waals surface area contributed by atoms with Gasteiger partial charge in [-0.3, -0.25) is 4.79 Å². The molecule has 0 saturated heterocycles. The Morgan fingerprint density at radius 3 is 2.25 bits per heavy atom. The van der Waals surface area contributed by atoms with Crippen LogP contribution in [0.3, 0.4) is 0 Å². The fourth-order valence-electron chi connectivity index (χ4n) is 2.03. The van der Waals surface area contributed by atoms with Gasteiger partial charge >= 0.3 is 6.18 Å². The summed E-state index contributed by atoms with van der Waals surface area (Å²) in [7, 11) is 1.45. The van der Waals surface area contributed by atoms with Gasteiger partial charge in [0.1, 0.15) is 0 Å². The van der Waals surface area contributed by atoms with Crippen molar-refractivity contribution >= 4 is 11.6 Å². The molecule has 2 aromatic rings. The first kappa shape index (κ1) is 17.7. The first-order chi connectivity index (χ1) is 11.3. The van der Waals surface area contributed by atoms with Crippen LogP contribution in [-0.2, 0) is 11.0 Å². The average molecular weight is 339 g/mol. The molecule has 0 spiro atoms. The number of hydrogen-bond acceptors (Lipinski definition) is 3. The van der Waals surface area contributed by atoms with E-state index in [1.807, 2.05) is 0 Å². The van der Waals surface area contributed by atoms with Crippen molar-refractivity contribution in [1.29, 1.82) is 0 Å². The monoisotopic (exact) mass is 339 g/mol. The van der Waals surface area contributed by atoms with E-state index in [0.717, 1.165) is 6.07 Å². The van der Waals surface area contributed by atoms with E-state index < -0.39 is 23.8 Å². The number of alkyl halides is 3. The fraction of sp³-hybridized carbons (Fsp3) is 0.235. The molecule has 128 valence electrons. The van der Waals surface area contributed by atoms with Gasteiger partial charge < -0.3 is 14.8 Å². The number of ether oxygens (including phenoxy) is 2. The number of benzene rings is 2. The number of rotatable bonds is 5. The summed E-state index contributed by atoms with van der Waals surface area (Å²) in [4.78, 5) is 12.2. The summed E-state index contributed by atoms with van der Waals surface area (Å²) in [6, 6.07) is 11.4. The molecule has 0 fully saturated rings. The quantitative estimate of drug-likeness (QED) is 0.891. The predicted molar refractivity (Wildman–Crippen MR) is 83.2 cm³/mol. The molecule has 4 nitrogen and oxygen atoms in total. The van der Waals surface area contributed by atoms with Crippen molar-refractivity contribution in [3.63, 3.8) is 0 Å². The zero-order chi connectivity index (χ0) is 17.7. The van der Waals surface area contributed by atoms with Gasteiger partial charge in [0.2, 0.25) is 0 Å². The van der Waals surface area contributed by atoms with Crippen LogP contribution < -0.4 is 14.8 Å². The Kier molecular flexibility index (Phi) is 5.33. The smallest absolute Gasteiger partial charge is 0.418 e. The lowest BCUT2D eigenvalue weighted by Gasteiger charge is -2.18. The van der Waals surface area contributed by atoms with Crippen LogP contribution in [0.15, 0.2) is 48.5 Å². The fourth-order valence-corrected chi connectivity index (χ4v) is 2.03. The maximum absolute atomic E-state index is 12.9. The van der Waals surface area contributed by atoms with E-state index in [9.17, 15) is 18.0 Å². The standard InChI is InChI=1S/C17H16F3NO3/c1-11(24-15-10-6-5-9-14(15)23-2)16(22)21-13-8-4-3-7-12(13)17(18,19)20/h3-11H,1-2H3,(H,21,22). The predicted octanol–water partition coefficient (Wildman–Crippen LogP) is 4.12. The van der Waals surface area contributed by atoms with Crippen LogP contribution in [0.5, 0.6) is 11.5 Å². The number of halogens is 3. The molecule has 1 N–H and O–H groups in total. The van der Waals surface area contributed by atoms with Gasteiger partial charge in [0.05, 0.1) is 18.4 Å². The number of para-hydroxylation sites is 3. The minimum atomic E-state index is -4.56. The Hall–Kier alpha value is -2.70. The van der Waals surface area contributed by atoms with E-state index in [1.165, 1.54) is 32.2 Å². The number of methoxy groups -OCH3 is 1. The van der Waals surface area contributed by atoms with Gasteiger partial charge in [-0.15, -0.1) is 0 Å². The molecule has 0 bridgehead atoms. The summed E-state index contributed by atoms with van der Waals surface area (Å²) >= 11 is 0. The third-order valence-corrected chi connectivity index (χ3v) is 3.23. The van der Waals surface area contributed by atoms with Gasteiger partial charge in [-0.1, -0.05) is 24.3 Å². The van der Waals surface area contributed by atoms with Gasteiger partial charge in [0.25, 0.3) is 5.91 Å². The Labute approximate surface area is 137 Å². The summed E-state index contributed by atoms with van der Waals surface area (Å²) in [5.41, 5.74) is -1.23. The lowest BCUT2D eigenvalue weighted by Crippen LogP contribution is -2.31. The normalized spacial score (nSPS) is 12.4. The summed E-state index contributed by atoms with van der Waals surface area (Å²) in [5, 5.41) is 2.25. The van der Waals surface area contributed by atoms with Gasteiger partial charge in [-0.25, -0.2) is 0 Å². The Morgan fingerprint density at radius 2 is 1.62 bits per heavy atom. The van der Waals surface area contributed by atoms with E-state index in [-0.39, 0.29) is 5.69 Å². The second-order valence-corrected chi connectivity index (χ2v) is 4.94. The SMILES string of the molecule is COc1ccccc1OC(C)C(=O)Nc1ccccc1C(F)(F)F. The van der Waals surface area contributed by atoms with Crippen LogP contribution in [0.25, 0.3) is 0 Å². The highest BCUT2D eigenvalue weighted by Crippen LogP contribution is 2.34. The lowest BCUT2D eigenvalue weighted by atomic mass is 10.1. The highest BCUT2D eigenvalue weighted by atomic mass is 19.4. The largest absolute Gasteiger partial charge is 0.493 e. The van der Waals surface area contributed by atoms with E-state index in [0.29, 0.717) is 11.5 Å². The van der Waals surface area contributed by atoms with Crippen molar-refractivity contribution in [2.45, 2.75) is 19.2 Å². The molecule has 0 aliphatic heterocycles. The summed E-state index contributed by atoms with van der Waals surface area (Å²) in [5.74, 6) is 0.0530. The topological polar surface area (TPSA) is 47.6 Å². The molecule has 1 unspecified atom stereocenters. The number of carbonyl (C=O) groups excluding carboxylic acids is 1. The average Bonchev–Trinajstić information content (AvgIpc) is 2.54. The molecule has 24 heavy (non-hydrogen) atoms. The zero-order valence-corrected chi connectivity index (χ0v) is 13.1. The molecule has 0 radical (unpaired) electrons. The molecular weight excluding hydrogens is 323 g/mol. The molecule has 0 heterocycles. The Morgan fingerprint density at radius 1 is 1.04 bits per heavy atom. The minimum Gasteiger partial charge on any atom is -0.493 e. The van der Waals surface area contributed by atoms with Gasteiger partial charge in [-0.2, -0.15) is 13.2 Å². The maximum Gasteiger partial charge on any atom is 0.418 e. The van der Waals surface area contributed by atoms with Crippen molar-refractivity contribution in [3.05, 3.63) is 54.1 Å². The highest BCUT2D eigenvalue weighted by molar-refractivity contribution is 5.94. The van der Waals surface area contributed by atoms with E-state index in [1.54, 1.807) is 24.3 Å². The van der Waals surface area contributed by atoms with Crippen molar-refractivity contribution in [2.24, 2.45) is 0 Å². The van der Waals surface area contributed by atoms with E-state index in [2.05, 4.69) is 5.32 Å². The number of carbonyl (C=O) groups is 1. The van der Waals surface area contributed by atoms with Gasteiger partial charge in [-0.05, 0) is 31.2 Å². The van der Waals surface area contributed by atoms with Crippen LogP contribution in [0.1, 0.15) is 12.5 Å². The molecule has 0 aromatic heterocycles. The van der Waals surface area contributed by atoms with Crippen LogP contribution in [0.2, 0.25) is 0 Å². The summed E-state index contributed by atoms with van der Waals surface area (Å²) < 4.78 is 49.4. The van der Waals surface area contributed by atoms with Crippen molar-refractivity contribution < 1.29 is 27.4 Å². The second-order valence-electron chi connectivity index (χ2n) is 4.94. The highest BCUT2D eigenvalue weighted by Gasteiger charge is 2.34. The van der Waals surface area contributed by atoms with Crippen molar-refractivity contribution in [2.75, 3.05) is 12.4 Å². The zero-order valence-electron chi connectivity index (χ0n) is 13.1. The number of anilines is 1. The maximum atomic E-state index is 12.9. The van der Waals surface area contributed by atoms with Crippen LogP contribution in [-0.4, -0.2) is 19.1 Å². The van der Waals surface area contributed by atoms with Crippen molar-refractivity contribution in [3.8, 4) is 11.5 Å². The molecule has 1 atom stereocenters. The van der Waals surface area contributed by atoms with E-state index >= 15 is 0 Å². The molecule has 1 amide bonds. The van der Waals surface area contributed by atoms with Crippen LogP contribution >= 0.6 is 0 Å². The molecule has 2 rings (SSSR count). The van der Waals surface area contributed by atoms with Gasteiger partial charge in [0.15, 0.2) is 17.6 Å². The lowest BCUT2D eigenvalue weighted by molar-refractivity contribution is -0.137. The summed E-state index contributed by atoms with van der Waals surface area (Å²) in [6.45, 7) is 1.44. The number of nitrogens with one attached hydrogen (secondary N) is 1. The molecule has 0 aliphatic carbocycles. The first-order valence-electron chi connectivity index (χ1n) is 7.09. The number of hydrogen-bond donors (Lipinski definition) is 1. The molecule has 0 saturated carbocycles. The Balaban J connectivity index is 2.13. The summed E-state index contributed by atoms with van der Waals surface area (Å²) in [6.07, 6.45) is -5.57. The molecular formula is C17H16F3NO3. The Bertz CT molecular complexity index is 716. The molecule has 7 heteroatoms.